The lowest BCUT2D eigenvalue weighted by Gasteiger charge is -2.04. The van der Waals surface area contributed by atoms with Gasteiger partial charge in [0.25, 0.3) is 0 Å². The Morgan fingerprint density at radius 3 is 1.86 bits per heavy atom. The molecular weight excluding hydrogens is 282 g/mol. The van der Waals surface area contributed by atoms with Gasteiger partial charge in [-0.05, 0) is 25.0 Å². The van der Waals surface area contributed by atoms with Crippen LogP contribution >= 0.6 is 0 Å². The zero-order valence-electron chi connectivity index (χ0n) is 13.1. The number of carboxylic acids is 1. The molecule has 1 aromatic carbocycles. The van der Waals surface area contributed by atoms with Crippen LogP contribution in [0.3, 0.4) is 0 Å². The van der Waals surface area contributed by atoms with Gasteiger partial charge in [-0.2, -0.15) is 0 Å². The molecule has 0 heterocycles. The molecule has 5 heteroatoms. The number of carboxylic acid groups (broad SMARTS) is 1. The Balaban J connectivity index is 0.00000441. The predicted octanol–water partition coefficient (Wildman–Crippen LogP) is 4.33. The molecule has 0 aliphatic carbocycles. The number of unbranched alkanes of at least 4 members (excludes halogenated alkanes) is 6. The molecule has 0 aliphatic rings. The zero-order valence-corrected chi connectivity index (χ0v) is 13.1. The molecule has 1 aromatic rings. The van der Waals surface area contributed by atoms with E-state index in [0.717, 1.165) is 44.9 Å². The van der Waals surface area contributed by atoms with Crippen LogP contribution in [0.2, 0.25) is 0 Å². The van der Waals surface area contributed by atoms with Crippen LogP contribution in [0.25, 0.3) is 0 Å². The Bertz CT molecular complexity index is 460. The second-order valence-corrected chi connectivity index (χ2v) is 5.31. The third-order valence-corrected chi connectivity index (χ3v) is 3.50. The minimum Gasteiger partial charge on any atom is -0.507 e. The van der Waals surface area contributed by atoms with Gasteiger partial charge in [0.15, 0.2) is 5.78 Å². The number of hydrogen-bond acceptors (Lipinski definition) is 4. The molecule has 0 bridgehead atoms. The van der Waals surface area contributed by atoms with Gasteiger partial charge in [-0.3, -0.25) is 9.59 Å². The predicted molar refractivity (Wildman–Crippen MR) is 86.6 cm³/mol. The number of carbonyl (C=O) groups excluding carboxylic acids is 1. The van der Waals surface area contributed by atoms with E-state index in [9.17, 15) is 14.7 Å². The standard InChI is InChI=1S/C17H24O4.H3N/c18-15(14-10-8-9-12-16(14)19)11-6-4-2-1-3-5-7-13-17(20)21;/h8-10,12,19H,1-7,11,13H2,(H,20,21);1H3. The Labute approximate surface area is 131 Å². The van der Waals surface area contributed by atoms with Crippen LogP contribution in [-0.4, -0.2) is 22.0 Å². The van der Waals surface area contributed by atoms with Crippen molar-refractivity contribution in [3.8, 4) is 5.75 Å². The maximum atomic E-state index is 11.9. The van der Waals surface area contributed by atoms with Gasteiger partial charge in [-0.1, -0.05) is 44.2 Å². The summed E-state index contributed by atoms with van der Waals surface area (Å²) in [5.74, 6) is -0.673. The van der Waals surface area contributed by atoms with Crippen LogP contribution < -0.4 is 6.15 Å². The lowest BCUT2D eigenvalue weighted by molar-refractivity contribution is -0.137. The number of hydrogen-bond donors (Lipinski definition) is 3. The summed E-state index contributed by atoms with van der Waals surface area (Å²) in [6.07, 6.45) is 7.49. The van der Waals surface area contributed by atoms with E-state index in [4.69, 9.17) is 5.11 Å². The SMILES string of the molecule is N.O=C(O)CCCCCCCCCC(=O)c1ccccc1O. The molecule has 0 fully saturated rings. The van der Waals surface area contributed by atoms with E-state index >= 15 is 0 Å². The molecule has 5 N–H and O–H groups in total. The number of carbonyl (C=O) groups is 2. The van der Waals surface area contributed by atoms with Crippen molar-refractivity contribution in [1.82, 2.24) is 6.15 Å². The van der Waals surface area contributed by atoms with Gasteiger partial charge in [-0.25, -0.2) is 0 Å². The molecule has 0 unspecified atom stereocenters. The normalized spacial score (nSPS) is 10.0. The number of para-hydroxylation sites is 1. The maximum Gasteiger partial charge on any atom is 0.303 e. The Hall–Kier alpha value is -1.88. The third kappa shape index (κ3) is 8.42. The van der Waals surface area contributed by atoms with Crippen molar-refractivity contribution in [2.75, 3.05) is 0 Å². The Morgan fingerprint density at radius 1 is 0.818 bits per heavy atom. The molecule has 0 saturated carbocycles. The number of Topliss-reactive ketones (excluding diaryl/α,β-unsaturated/α-hetero) is 1. The highest BCUT2D eigenvalue weighted by molar-refractivity contribution is 5.98. The minimum atomic E-state index is -0.724. The van der Waals surface area contributed by atoms with Gasteiger partial charge >= 0.3 is 5.97 Å². The van der Waals surface area contributed by atoms with Crippen molar-refractivity contribution in [2.45, 2.75) is 57.8 Å². The molecule has 0 saturated heterocycles. The maximum absolute atomic E-state index is 11.9. The average Bonchev–Trinajstić information content (AvgIpc) is 2.45. The van der Waals surface area contributed by atoms with E-state index in [2.05, 4.69) is 0 Å². The Kier molecular flexibility index (Phi) is 10.7. The molecule has 0 radical (unpaired) electrons. The van der Waals surface area contributed by atoms with Crippen molar-refractivity contribution >= 4 is 11.8 Å². The minimum absolute atomic E-state index is 0. The number of ketones is 1. The quantitative estimate of drug-likeness (QED) is 0.416. The van der Waals surface area contributed by atoms with Gasteiger partial charge in [0, 0.05) is 12.8 Å². The summed E-state index contributed by atoms with van der Waals surface area (Å²) < 4.78 is 0. The van der Waals surface area contributed by atoms with E-state index in [0.29, 0.717) is 12.0 Å². The van der Waals surface area contributed by atoms with Crippen molar-refractivity contribution in [2.24, 2.45) is 0 Å². The van der Waals surface area contributed by atoms with Crippen LogP contribution in [0.4, 0.5) is 0 Å². The lowest BCUT2D eigenvalue weighted by atomic mass is 10.0. The van der Waals surface area contributed by atoms with Gasteiger partial charge in [0.2, 0.25) is 0 Å². The van der Waals surface area contributed by atoms with E-state index in [1.54, 1.807) is 18.2 Å². The first-order chi connectivity index (χ1) is 10.1. The fourth-order valence-electron chi connectivity index (χ4n) is 2.29. The van der Waals surface area contributed by atoms with Crippen LogP contribution in [0.15, 0.2) is 24.3 Å². The average molecular weight is 309 g/mol. The highest BCUT2D eigenvalue weighted by Gasteiger charge is 2.09. The number of phenolic OH excluding ortho intramolecular Hbond substituents is 1. The molecule has 0 aliphatic heterocycles. The molecule has 0 amide bonds. The summed E-state index contributed by atoms with van der Waals surface area (Å²) in [6, 6.07) is 6.64. The number of phenols is 1. The monoisotopic (exact) mass is 309 g/mol. The summed E-state index contributed by atoms with van der Waals surface area (Å²) in [5, 5.41) is 18.1. The molecule has 0 aromatic heterocycles. The third-order valence-electron chi connectivity index (χ3n) is 3.50. The Morgan fingerprint density at radius 2 is 1.32 bits per heavy atom. The first kappa shape index (κ1) is 20.1. The van der Waals surface area contributed by atoms with E-state index in [-0.39, 0.29) is 24.1 Å². The molecule has 1 rings (SSSR count). The summed E-state index contributed by atoms with van der Waals surface area (Å²) in [4.78, 5) is 22.2. The van der Waals surface area contributed by atoms with Gasteiger partial charge in [-0.15, -0.1) is 0 Å². The molecule has 124 valence electrons. The molecule has 5 nitrogen and oxygen atoms in total. The number of aromatic hydroxyl groups is 1. The fraction of sp³-hybridized carbons (Fsp3) is 0.529. The second kappa shape index (κ2) is 11.7. The highest BCUT2D eigenvalue weighted by Crippen LogP contribution is 2.19. The number of aliphatic carboxylic acids is 1. The van der Waals surface area contributed by atoms with Crippen LogP contribution in [-0.2, 0) is 4.79 Å². The van der Waals surface area contributed by atoms with Crippen LogP contribution in [0.5, 0.6) is 5.75 Å². The van der Waals surface area contributed by atoms with Gasteiger partial charge in [0.05, 0.1) is 5.56 Å². The zero-order chi connectivity index (χ0) is 15.5. The molecule has 0 atom stereocenters. The summed E-state index contributed by atoms with van der Waals surface area (Å²) in [5.41, 5.74) is 0.408. The number of benzene rings is 1. The largest absolute Gasteiger partial charge is 0.507 e. The highest BCUT2D eigenvalue weighted by atomic mass is 16.4. The first-order valence-corrected chi connectivity index (χ1v) is 7.64. The summed E-state index contributed by atoms with van der Waals surface area (Å²) in [7, 11) is 0. The summed E-state index contributed by atoms with van der Waals surface area (Å²) in [6.45, 7) is 0. The second-order valence-electron chi connectivity index (χ2n) is 5.31. The fourth-order valence-corrected chi connectivity index (χ4v) is 2.29. The van der Waals surface area contributed by atoms with Crippen molar-refractivity contribution in [3.63, 3.8) is 0 Å². The molecular formula is C17H27NO4. The number of rotatable bonds is 11. The lowest BCUT2D eigenvalue weighted by Crippen LogP contribution is -1.99. The van der Waals surface area contributed by atoms with Gasteiger partial charge in [0.1, 0.15) is 5.75 Å². The van der Waals surface area contributed by atoms with Crippen molar-refractivity contribution in [3.05, 3.63) is 29.8 Å². The smallest absolute Gasteiger partial charge is 0.303 e. The van der Waals surface area contributed by atoms with Crippen LogP contribution in [0, 0.1) is 0 Å². The van der Waals surface area contributed by atoms with Crippen molar-refractivity contribution in [1.29, 1.82) is 0 Å². The van der Waals surface area contributed by atoms with Gasteiger partial charge < -0.3 is 16.4 Å². The van der Waals surface area contributed by atoms with E-state index < -0.39 is 5.97 Å². The molecule has 0 spiro atoms. The summed E-state index contributed by atoms with van der Waals surface area (Å²) >= 11 is 0. The molecule has 22 heavy (non-hydrogen) atoms. The first-order valence-electron chi connectivity index (χ1n) is 7.64. The topological polar surface area (TPSA) is 110 Å². The van der Waals surface area contributed by atoms with E-state index in [1.165, 1.54) is 6.07 Å². The van der Waals surface area contributed by atoms with Crippen molar-refractivity contribution < 1.29 is 19.8 Å². The van der Waals surface area contributed by atoms with E-state index in [1.807, 2.05) is 0 Å². The van der Waals surface area contributed by atoms with Crippen LogP contribution in [0.1, 0.15) is 68.1 Å².